The predicted octanol–water partition coefficient (Wildman–Crippen LogP) is 2.96. The fraction of sp³-hybridized carbons (Fsp3) is 0.750. The van der Waals surface area contributed by atoms with Gasteiger partial charge in [-0.25, -0.2) is 0 Å². The van der Waals surface area contributed by atoms with Crippen LogP contribution in [0, 0.1) is 0 Å². The molecule has 0 aliphatic heterocycles. The number of hydrogen-bond donors (Lipinski definition) is 1. The fourth-order valence-electron chi connectivity index (χ4n) is 2.31. The summed E-state index contributed by atoms with van der Waals surface area (Å²) in [4.78, 5) is 0. The van der Waals surface area contributed by atoms with Crippen LogP contribution in [0.2, 0.25) is 0 Å². The first-order chi connectivity index (χ1) is 7.84. The molecule has 0 unspecified atom stereocenters. The maximum atomic E-state index is 4.24. The van der Waals surface area contributed by atoms with E-state index in [1.54, 1.807) is 0 Å². The van der Waals surface area contributed by atoms with Gasteiger partial charge in [-0.3, -0.25) is 4.68 Å². The summed E-state index contributed by atoms with van der Waals surface area (Å²) < 4.78 is 3.06. The summed E-state index contributed by atoms with van der Waals surface area (Å²) in [7, 11) is 0. The predicted molar refractivity (Wildman–Crippen MR) is 69.4 cm³/mol. The van der Waals surface area contributed by atoms with Gasteiger partial charge in [-0.15, -0.1) is 0 Å². The smallest absolute Gasteiger partial charge is 0.0632 e. The second-order valence-corrected chi connectivity index (χ2v) is 5.48. The highest BCUT2D eigenvalue weighted by Gasteiger charge is 2.11. The van der Waals surface area contributed by atoms with Gasteiger partial charge >= 0.3 is 0 Å². The summed E-state index contributed by atoms with van der Waals surface area (Å²) in [6.07, 6.45) is 12.0. The number of halogens is 1. The Balaban J connectivity index is 1.57. The van der Waals surface area contributed by atoms with E-state index in [0.717, 1.165) is 30.0 Å². The number of aryl methyl sites for hydroxylation is 1. The Labute approximate surface area is 106 Å². The molecule has 1 aliphatic rings. The number of nitrogens with zero attached hydrogens (tertiary/aromatic N) is 2. The standard InChI is InChI=1S/C12H20BrN3/c13-11-9-15-16(10-11)8-4-7-14-12-5-2-1-3-6-12/h9-10,12,14H,1-8H2. The van der Waals surface area contributed by atoms with Crippen LogP contribution in [0.5, 0.6) is 0 Å². The van der Waals surface area contributed by atoms with Crippen molar-refractivity contribution in [3.8, 4) is 0 Å². The molecule has 1 saturated carbocycles. The third kappa shape index (κ3) is 3.91. The highest BCUT2D eigenvalue weighted by molar-refractivity contribution is 9.10. The molecule has 1 N–H and O–H groups in total. The minimum Gasteiger partial charge on any atom is -0.314 e. The van der Waals surface area contributed by atoms with Crippen LogP contribution in [0.4, 0.5) is 0 Å². The molecule has 2 rings (SSSR count). The van der Waals surface area contributed by atoms with E-state index >= 15 is 0 Å². The van der Waals surface area contributed by atoms with Gasteiger partial charge in [0, 0.05) is 18.8 Å². The molecule has 0 amide bonds. The molecule has 0 aromatic carbocycles. The third-order valence-electron chi connectivity index (χ3n) is 3.20. The summed E-state index contributed by atoms with van der Waals surface area (Å²) in [6, 6.07) is 0.776. The Morgan fingerprint density at radius 2 is 2.19 bits per heavy atom. The molecule has 0 bridgehead atoms. The van der Waals surface area contributed by atoms with Gasteiger partial charge in [-0.05, 0) is 41.7 Å². The van der Waals surface area contributed by atoms with Crippen molar-refractivity contribution in [1.82, 2.24) is 15.1 Å². The summed E-state index contributed by atoms with van der Waals surface area (Å²) in [5.41, 5.74) is 0. The molecular weight excluding hydrogens is 266 g/mol. The zero-order valence-electron chi connectivity index (χ0n) is 9.66. The fourth-order valence-corrected chi connectivity index (χ4v) is 2.64. The maximum absolute atomic E-state index is 4.24. The average Bonchev–Trinajstić information content (AvgIpc) is 2.72. The van der Waals surface area contributed by atoms with Gasteiger partial charge in [0.15, 0.2) is 0 Å². The minimum atomic E-state index is 0.776. The van der Waals surface area contributed by atoms with Crippen LogP contribution in [0.25, 0.3) is 0 Å². The Morgan fingerprint density at radius 3 is 2.88 bits per heavy atom. The molecule has 0 atom stereocenters. The Bertz CT molecular complexity index is 305. The lowest BCUT2D eigenvalue weighted by molar-refractivity contribution is 0.367. The number of hydrogen-bond acceptors (Lipinski definition) is 2. The van der Waals surface area contributed by atoms with Gasteiger partial charge in [0.2, 0.25) is 0 Å². The van der Waals surface area contributed by atoms with Crippen molar-refractivity contribution in [2.24, 2.45) is 0 Å². The Hall–Kier alpha value is -0.350. The van der Waals surface area contributed by atoms with E-state index in [1.165, 1.54) is 32.1 Å². The normalized spacial score (nSPS) is 17.8. The van der Waals surface area contributed by atoms with Crippen LogP contribution < -0.4 is 5.32 Å². The number of nitrogens with one attached hydrogen (secondary N) is 1. The van der Waals surface area contributed by atoms with Crippen molar-refractivity contribution in [1.29, 1.82) is 0 Å². The van der Waals surface area contributed by atoms with E-state index in [1.807, 2.05) is 17.1 Å². The van der Waals surface area contributed by atoms with Gasteiger partial charge in [0.25, 0.3) is 0 Å². The zero-order chi connectivity index (χ0) is 11.2. The van der Waals surface area contributed by atoms with Gasteiger partial charge in [0.05, 0.1) is 10.7 Å². The summed E-state index contributed by atoms with van der Waals surface area (Å²) in [5, 5.41) is 7.89. The van der Waals surface area contributed by atoms with Crippen molar-refractivity contribution in [2.45, 2.75) is 51.1 Å². The van der Waals surface area contributed by atoms with Crippen LogP contribution in [0.3, 0.4) is 0 Å². The SMILES string of the molecule is Brc1cnn(CCCNC2CCCCC2)c1. The van der Waals surface area contributed by atoms with Crippen molar-refractivity contribution < 1.29 is 0 Å². The molecule has 3 nitrogen and oxygen atoms in total. The highest BCUT2D eigenvalue weighted by atomic mass is 79.9. The van der Waals surface area contributed by atoms with Crippen molar-refractivity contribution >= 4 is 15.9 Å². The van der Waals surface area contributed by atoms with Gasteiger partial charge in [-0.2, -0.15) is 5.10 Å². The van der Waals surface area contributed by atoms with Crippen LogP contribution in [-0.2, 0) is 6.54 Å². The van der Waals surface area contributed by atoms with E-state index in [-0.39, 0.29) is 0 Å². The van der Waals surface area contributed by atoms with Crippen molar-refractivity contribution in [3.05, 3.63) is 16.9 Å². The third-order valence-corrected chi connectivity index (χ3v) is 3.61. The molecule has 1 fully saturated rings. The Kier molecular flexibility index (Phi) is 4.85. The molecule has 0 radical (unpaired) electrons. The first-order valence-electron chi connectivity index (χ1n) is 6.26. The Morgan fingerprint density at radius 1 is 1.38 bits per heavy atom. The molecule has 16 heavy (non-hydrogen) atoms. The van der Waals surface area contributed by atoms with Crippen LogP contribution in [0.15, 0.2) is 16.9 Å². The molecule has 90 valence electrons. The van der Waals surface area contributed by atoms with Crippen molar-refractivity contribution in [2.75, 3.05) is 6.54 Å². The quantitative estimate of drug-likeness (QED) is 0.843. The molecule has 1 aliphatic carbocycles. The number of aromatic nitrogens is 2. The van der Waals surface area contributed by atoms with Gasteiger partial charge in [0.1, 0.15) is 0 Å². The minimum absolute atomic E-state index is 0.776. The second kappa shape index (κ2) is 6.40. The van der Waals surface area contributed by atoms with Gasteiger partial charge < -0.3 is 5.32 Å². The largest absolute Gasteiger partial charge is 0.314 e. The summed E-state index contributed by atoms with van der Waals surface area (Å²) in [6.45, 7) is 2.12. The van der Waals surface area contributed by atoms with E-state index in [9.17, 15) is 0 Å². The summed E-state index contributed by atoms with van der Waals surface area (Å²) in [5.74, 6) is 0. The molecule has 0 spiro atoms. The lowest BCUT2D eigenvalue weighted by Crippen LogP contribution is -2.32. The summed E-state index contributed by atoms with van der Waals surface area (Å²) >= 11 is 3.40. The second-order valence-electron chi connectivity index (χ2n) is 4.56. The van der Waals surface area contributed by atoms with E-state index in [0.29, 0.717) is 0 Å². The van der Waals surface area contributed by atoms with Crippen LogP contribution >= 0.6 is 15.9 Å². The monoisotopic (exact) mass is 285 g/mol. The zero-order valence-corrected chi connectivity index (χ0v) is 11.2. The maximum Gasteiger partial charge on any atom is 0.0632 e. The molecule has 0 saturated heterocycles. The topological polar surface area (TPSA) is 29.9 Å². The van der Waals surface area contributed by atoms with E-state index in [2.05, 4.69) is 26.3 Å². The lowest BCUT2D eigenvalue weighted by Gasteiger charge is -2.22. The van der Waals surface area contributed by atoms with Crippen molar-refractivity contribution in [3.63, 3.8) is 0 Å². The van der Waals surface area contributed by atoms with Gasteiger partial charge in [-0.1, -0.05) is 19.3 Å². The van der Waals surface area contributed by atoms with E-state index < -0.39 is 0 Å². The molecular formula is C12H20BrN3. The first kappa shape index (κ1) is 12.1. The van der Waals surface area contributed by atoms with Crippen LogP contribution in [-0.4, -0.2) is 22.4 Å². The molecule has 1 heterocycles. The molecule has 1 aromatic rings. The van der Waals surface area contributed by atoms with Crippen LogP contribution in [0.1, 0.15) is 38.5 Å². The molecule has 1 aromatic heterocycles. The average molecular weight is 286 g/mol. The highest BCUT2D eigenvalue weighted by Crippen LogP contribution is 2.17. The molecule has 4 heteroatoms. The van der Waals surface area contributed by atoms with E-state index in [4.69, 9.17) is 0 Å². The first-order valence-corrected chi connectivity index (χ1v) is 7.05. The lowest BCUT2D eigenvalue weighted by atomic mass is 9.95. The number of rotatable bonds is 5.